The van der Waals surface area contributed by atoms with Crippen molar-refractivity contribution >= 4 is 5.69 Å². The predicted molar refractivity (Wildman–Crippen MR) is 66.9 cm³/mol. The highest BCUT2D eigenvalue weighted by atomic mass is 16.3. The lowest BCUT2D eigenvalue weighted by atomic mass is 10.1. The minimum atomic E-state index is -0.765. The fourth-order valence-electron chi connectivity index (χ4n) is 2.17. The lowest BCUT2D eigenvalue weighted by Crippen LogP contribution is -2.43. The molecule has 0 bridgehead atoms. The number of hydrogen-bond donors (Lipinski definition) is 2. The second kappa shape index (κ2) is 4.74. The first-order chi connectivity index (χ1) is 8.12. The minimum Gasteiger partial charge on any atom is -0.387 e. The van der Waals surface area contributed by atoms with Crippen LogP contribution in [-0.2, 0) is 0 Å². The van der Waals surface area contributed by atoms with Crippen LogP contribution in [0.1, 0.15) is 12.5 Å². The van der Waals surface area contributed by atoms with Crippen LogP contribution in [0.5, 0.6) is 0 Å². The van der Waals surface area contributed by atoms with E-state index in [0.29, 0.717) is 18.7 Å². The Kier molecular flexibility index (Phi) is 3.32. The molecule has 4 heteroatoms. The van der Waals surface area contributed by atoms with Gasteiger partial charge < -0.3 is 15.3 Å². The fourth-order valence-corrected chi connectivity index (χ4v) is 2.17. The second-order valence-electron chi connectivity index (χ2n) is 4.72. The van der Waals surface area contributed by atoms with Gasteiger partial charge in [-0.3, -0.25) is 0 Å². The van der Waals surface area contributed by atoms with Crippen molar-refractivity contribution in [3.8, 4) is 6.07 Å². The molecule has 1 atom stereocenters. The third-order valence-electron chi connectivity index (χ3n) is 2.96. The van der Waals surface area contributed by atoms with Gasteiger partial charge in [-0.25, -0.2) is 0 Å². The molecule has 1 aliphatic heterocycles. The molecule has 17 heavy (non-hydrogen) atoms. The fraction of sp³-hybridized carbons (Fsp3) is 0.462. The summed E-state index contributed by atoms with van der Waals surface area (Å²) in [7, 11) is 0. The van der Waals surface area contributed by atoms with E-state index in [9.17, 15) is 5.11 Å². The van der Waals surface area contributed by atoms with Gasteiger partial charge in [-0.05, 0) is 19.1 Å². The smallest absolute Gasteiger partial charge is 0.101 e. The van der Waals surface area contributed by atoms with Gasteiger partial charge in [-0.1, -0.05) is 12.1 Å². The lowest BCUT2D eigenvalue weighted by molar-refractivity contribution is 0.0729. The number of nitriles is 1. The summed E-state index contributed by atoms with van der Waals surface area (Å²) in [5.41, 5.74) is 0.795. The van der Waals surface area contributed by atoms with E-state index in [1.54, 1.807) is 0 Å². The SMILES string of the molecule is CC1(O)CNCCN(c2ccccc2C#N)C1. The molecule has 90 valence electrons. The van der Waals surface area contributed by atoms with Gasteiger partial charge in [0, 0.05) is 26.2 Å². The molecule has 1 aliphatic rings. The molecule has 4 nitrogen and oxygen atoms in total. The van der Waals surface area contributed by atoms with Gasteiger partial charge in [0.25, 0.3) is 0 Å². The zero-order chi connectivity index (χ0) is 12.3. The Morgan fingerprint density at radius 3 is 3.00 bits per heavy atom. The molecule has 0 radical (unpaired) electrons. The average molecular weight is 231 g/mol. The maximum absolute atomic E-state index is 10.2. The number of aliphatic hydroxyl groups is 1. The van der Waals surface area contributed by atoms with E-state index in [4.69, 9.17) is 5.26 Å². The van der Waals surface area contributed by atoms with Crippen molar-refractivity contribution in [3.63, 3.8) is 0 Å². The molecule has 2 rings (SSSR count). The summed E-state index contributed by atoms with van der Waals surface area (Å²) in [6.45, 7) is 4.55. The van der Waals surface area contributed by atoms with Crippen molar-refractivity contribution < 1.29 is 5.11 Å². The summed E-state index contributed by atoms with van der Waals surface area (Å²) in [6, 6.07) is 9.71. The quantitative estimate of drug-likeness (QED) is 0.747. The van der Waals surface area contributed by atoms with Crippen molar-refractivity contribution in [1.82, 2.24) is 5.32 Å². The summed E-state index contributed by atoms with van der Waals surface area (Å²) in [5, 5.41) is 22.5. The average Bonchev–Trinajstić information content (AvgIpc) is 2.50. The Hall–Kier alpha value is -1.57. The van der Waals surface area contributed by atoms with E-state index in [1.807, 2.05) is 31.2 Å². The molecule has 2 N–H and O–H groups in total. The molecular weight excluding hydrogens is 214 g/mol. The maximum atomic E-state index is 10.2. The van der Waals surface area contributed by atoms with Gasteiger partial charge in [0.05, 0.1) is 16.9 Å². The van der Waals surface area contributed by atoms with E-state index < -0.39 is 5.60 Å². The van der Waals surface area contributed by atoms with Gasteiger partial charge in [0.1, 0.15) is 6.07 Å². The van der Waals surface area contributed by atoms with Crippen LogP contribution < -0.4 is 10.2 Å². The van der Waals surface area contributed by atoms with Crippen LogP contribution in [0.25, 0.3) is 0 Å². The molecule has 1 unspecified atom stereocenters. The Labute approximate surface area is 101 Å². The van der Waals surface area contributed by atoms with Gasteiger partial charge in [0.15, 0.2) is 0 Å². The Morgan fingerprint density at radius 2 is 2.24 bits per heavy atom. The molecular formula is C13H17N3O. The van der Waals surface area contributed by atoms with Gasteiger partial charge in [0.2, 0.25) is 0 Å². The molecule has 0 saturated carbocycles. The number of nitrogens with one attached hydrogen (secondary N) is 1. The van der Waals surface area contributed by atoms with E-state index in [0.717, 1.165) is 18.8 Å². The largest absolute Gasteiger partial charge is 0.387 e. The number of hydrogen-bond acceptors (Lipinski definition) is 4. The minimum absolute atomic E-state index is 0.540. The monoisotopic (exact) mass is 231 g/mol. The van der Waals surface area contributed by atoms with Gasteiger partial charge in [-0.15, -0.1) is 0 Å². The number of β-amino-alcohol motifs (C(OH)–C–C–N with tert-alkyl or cyclic N) is 1. The molecule has 1 saturated heterocycles. The standard InChI is InChI=1S/C13H17N3O/c1-13(17)9-15-6-7-16(10-13)12-5-3-2-4-11(12)8-14/h2-5,15,17H,6-7,9-10H2,1H3. The zero-order valence-corrected chi connectivity index (χ0v) is 9.98. The maximum Gasteiger partial charge on any atom is 0.101 e. The summed E-state index contributed by atoms with van der Waals surface area (Å²) >= 11 is 0. The molecule has 1 aromatic carbocycles. The molecule has 1 fully saturated rings. The molecule has 0 aliphatic carbocycles. The third-order valence-corrected chi connectivity index (χ3v) is 2.96. The first-order valence-corrected chi connectivity index (χ1v) is 5.79. The van der Waals surface area contributed by atoms with Crippen molar-refractivity contribution in [2.75, 3.05) is 31.1 Å². The highest BCUT2D eigenvalue weighted by Crippen LogP contribution is 2.22. The Balaban J connectivity index is 2.29. The number of rotatable bonds is 1. The number of para-hydroxylation sites is 1. The van der Waals surface area contributed by atoms with Crippen molar-refractivity contribution in [3.05, 3.63) is 29.8 Å². The van der Waals surface area contributed by atoms with Crippen LogP contribution in [0.3, 0.4) is 0 Å². The highest BCUT2D eigenvalue weighted by Gasteiger charge is 2.27. The van der Waals surface area contributed by atoms with Crippen LogP contribution in [0.15, 0.2) is 24.3 Å². The molecule has 0 spiro atoms. The van der Waals surface area contributed by atoms with Crippen LogP contribution >= 0.6 is 0 Å². The van der Waals surface area contributed by atoms with Crippen LogP contribution in [-0.4, -0.2) is 36.9 Å². The third kappa shape index (κ3) is 2.76. The van der Waals surface area contributed by atoms with Crippen LogP contribution in [0.4, 0.5) is 5.69 Å². The van der Waals surface area contributed by atoms with E-state index in [1.165, 1.54) is 0 Å². The topological polar surface area (TPSA) is 59.3 Å². The van der Waals surface area contributed by atoms with E-state index in [-0.39, 0.29) is 0 Å². The zero-order valence-electron chi connectivity index (χ0n) is 9.98. The normalized spacial score (nSPS) is 25.1. The summed E-state index contributed by atoms with van der Waals surface area (Å²) in [5.74, 6) is 0. The van der Waals surface area contributed by atoms with Crippen LogP contribution in [0, 0.1) is 11.3 Å². The summed E-state index contributed by atoms with van der Waals surface area (Å²) in [6.07, 6.45) is 0. The Bertz CT molecular complexity index is 437. The van der Waals surface area contributed by atoms with E-state index in [2.05, 4.69) is 16.3 Å². The summed E-state index contributed by atoms with van der Waals surface area (Å²) in [4.78, 5) is 2.07. The molecule has 0 amide bonds. The second-order valence-corrected chi connectivity index (χ2v) is 4.72. The first-order valence-electron chi connectivity index (χ1n) is 5.79. The van der Waals surface area contributed by atoms with Gasteiger partial charge >= 0.3 is 0 Å². The molecule has 1 heterocycles. The van der Waals surface area contributed by atoms with Crippen molar-refractivity contribution in [2.24, 2.45) is 0 Å². The first kappa shape index (κ1) is 11.9. The lowest BCUT2D eigenvalue weighted by Gasteiger charge is -2.30. The Morgan fingerprint density at radius 1 is 1.47 bits per heavy atom. The summed E-state index contributed by atoms with van der Waals surface area (Å²) < 4.78 is 0. The number of benzene rings is 1. The van der Waals surface area contributed by atoms with Crippen molar-refractivity contribution in [1.29, 1.82) is 5.26 Å². The van der Waals surface area contributed by atoms with Crippen LogP contribution in [0.2, 0.25) is 0 Å². The molecule has 1 aromatic rings. The van der Waals surface area contributed by atoms with E-state index >= 15 is 0 Å². The molecule has 0 aromatic heterocycles. The number of anilines is 1. The predicted octanol–water partition coefficient (Wildman–Crippen LogP) is 0.719. The number of nitrogens with zero attached hydrogens (tertiary/aromatic N) is 2. The highest BCUT2D eigenvalue weighted by molar-refractivity contribution is 5.59. The van der Waals surface area contributed by atoms with Crippen molar-refractivity contribution in [2.45, 2.75) is 12.5 Å². The van der Waals surface area contributed by atoms with Gasteiger partial charge in [-0.2, -0.15) is 5.26 Å².